The van der Waals surface area contributed by atoms with Crippen molar-refractivity contribution >= 4 is 29.9 Å². The number of carbonyl (C=O) groups is 1. The Hall–Kier alpha value is -1.75. The fourth-order valence-corrected chi connectivity index (χ4v) is 3.71. The number of hydrogen-bond acceptors (Lipinski definition) is 3. The van der Waals surface area contributed by atoms with E-state index >= 15 is 0 Å². The van der Waals surface area contributed by atoms with Gasteiger partial charge in [-0.25, -0.2) is 0 Å². The van der Waals surface area contributed by atoms with Crippen molar-refractivity contribution in [1.82, 2.24) is 10.6 Å². The van der Waals surface area contributed by atoms with E-state index < -0.39 is 0 Å². The molecule has 146 valence electrons. The zero-order valence-corrected chi connectivity index (χ0v) is 17.0. The van der Waals surface area contributed by atoms with Gasteiger partial charge in [0.05, 0.1) is 13.2 Å². The summed E-state index contributed by atoms with van der Waals surface area (Å²) in [4.78, 5) is 12.7. The Balaban J connectivity index is 0.00000261. The van der Waals surface area contributed by atoms with Crippen LogP contribution in [0.3, 0.4) is 0 Å². The first kappa shape index (κ1) is 21.5. The van der Waals surface area contributed by atoms with Gasteiger partial charge in [0.15, 0.2) is 0 Å². The topological polar surface area (TPSA) is 50.4 Å². The van der Waals surface area contributed by atoms with Crippen LogP contribution in [0.1, 0.15) is 36.4 Å². The lowest BCUT2D eigenvalue weighted by Crippen LogP contribution is -2.30. The van der Waals surface area contributed by atoms with E-state index in [-0.39, 0.29) is 24.4 Å². The van der Waals surface area contributed by atoms with E-state index in [1.165, 1.54) is 0 Å². The van der Waals surface area contributed by atoms with Gasteiger partial charge in [0.25, 0.3) is 0 Å². The molecule has 2 aromatic rings. The van der Waals surface area contributed by atoms with Gasteiger partial charge < -0.3 is 15.4 Å². The molecule has 1 fully saturated rings. The monoisotopic (exact) mass is 408 g/mol. The van der Waals surface area contributed by atoms with E-state index in [1.54, 1.807) is 7.11 Å². The molecule has 0 radical (unpaired) electrons. The lowest BCUT2D eigenvalue weighted by molar-refractivity contribution is -0.121. The van der Waals surface area contributed by atoms with Crippen molar-refractivity contribution in [1.29, 1.82) is 0 Å². The predicted molar refractivity (Wildman–Crippen MR) is 112 cm³/mol. The highest BCUT2D eigenvalue weighted by Crippen LogP contribution is 2.33. The maximum atomic E-state index is 12.7. The minimum absolute atomic E-state index is 0. The summed E-state index contributed by atoms with van der Waals surface area (Å²) >= 11 is 6.43. The molecule has 0 saturated carbocycles. The van der Waals surface area contributed by atoms with E-state index in [4.69, 9.17) is 16.3 Å². The smallest absolute Gasteiger partial charge is 0.220 e. The summed E-state index contributed by atoms with van der Waals surface area (Å²) in [6.07, 6.45) is 2.57. The number of ether oxygens (including phenoxy) is 1. The molecule has 0 spiro atoms. The van der Waals surface area contributed by atoms with Crippen LogP contribution in [0.4, 0.5) is 0 Å². The van der Waals surface area contributed by atoms with Gasteiger partial charge in [-0.3, -0.25) is 4.79 Å². The van der Waals surface area contributed by atoms with Crippen LogP contribution in [0.15, 0.2) is 48.5 Å². The summed E-state index contributed by atoms with van der Waals surface area (Å²) in [5, 5.41) is 7.14. The molecule has 1 saturated heterocycles. The Morgan fingerprint density at radius 1 is 1.22 bits per heavy atom. The van der Waals surface area contributed by atoms with Crippen molar-refractivity contribution in [2.45, 2.75) is 25.3 Å². The number of carbonyl (C=O) groups excluding carboxylic acids is 1. The average Bonchev–Trinajstić information content (AvgIpc) is 3.19. The summed E-state index contributed by atoms with van der Waals surface area (Å²) < 4.78 is 5.51. The highest BCUT2D eigenvalue weighted by Gasteiger charge is 2.23. The number of rotatable bonds is 7. The first-order valence-electron chi connectivity index (χ1n) is 9.06. The average molecular weight is 409 g/mol. The first-order valence-corrected chi connectivity index (χ1v) is 9.44. The lowest BCUT2D eigenvalue weighted by Gasteiger charge is -2.23. The highest BCUT2D eigenvalue weighted by atomic mass is 35.5. The molecule has 1 amide bonds. The van der Waals surface area contributed by atoms with E-state index in [0.717, 1.165) is 42.8 Å². The predicted octanol–water partition coefficient (Wildman–Crippen LogP) is 4.37. The second-order valence-corrected chi connectivity index (χ2v) is 7.07. The number of halogens is 2. The maximum Gasteiger partial charge on any atom is 0.220 e. The quantitative estimate of drug-likeness (QED) is 0.714. The third kappa shape index (κ3) is 5.61. The van der Waals surface area contributed by atoms with E-state index in [9.17, 15) is 4.79 Å². The molecule has 6 heteroatoms. The van der Waals surface area contributed by atoms with E-state index in [0.29, 0.717) is 17.4 Å². The fraction of sp³-hybridized carbons (Fsp3) is 0.381. The van der Waals surface area contributed by atoms with Crippen LogP contribution in [0.5, 0.6) is 5.75 Å². The molecule has 0 aliphatic carbocycles. The normalized spacial score (nSPS) is 17.0. The molecule has 2 aromatic carbocycles. The van der Waals surface area contributed by atoms with Gasteiger partial charge in [0, 0.05) is 17.0 Å². The Bertz CT molecular complexity index is 748. The van der Waals surface area contributed by atoms with Gasteiger partial charge in [0.1, 0.15) is 5.75 Å². The third-order valence-electron chi connectivity index (χ3n) is 4.91. The molecule has 2 N–H and O–H groups in total. The highest BCUT2D eigenvalue weighted by molar-refractivity contribution is 6.31. The summed E-state index contributed by atoms with van der Waals surface area (Å²) in [6, 6.07) is 15.0. The zero-order chi connectivity index (χ0) is 18.4. The third-order valence-corrected chi connectivity index (χ3v) is 5.26. The SMILES string of the molecule is COc1ccccc1C(NC(=O)CCC1CCNC1)c1ccccc1Cl.Cl. The Kier molecular flexibility index (Phi) is 8.42. The van der Waals surface area contributed by atoms with Crippen molar-refractivity contribution in [2.24, 2.45) is 5.92 Å². The molecule has 3 rings (SSSR count). The van der Waals surface area contributed by atoms with E-state index in [1.807, 2.05) is 48.5 Å². The molecule has 1 heterocycles. The molecule has 2 atom stereocenters. The van der Waals surface area contributed by atoms with Crippen LogP contribution in [-0.2, 0) is 4.79 Å². The fourth-order valence-electron chi connectivity index (χ4n) is 3.47. The maximum absolute atomic E-state index is 12.7. The molecule has 1 aliphatic rings. The van der Waals surface area contributed by atoms with Crippen molar-refractivity contribution in [2.75, 3.05) is 20.2 Å². The molecular weight excluding hydrogens is 383 g/mol. The van der Waals surface area contributed by atoms with Crippen molar-refractivity contribution < 1.29 is 9.53 Å². The summed E-state index contributed by atoms with van der Waals surface area (Å²) in [5.74, 6) is 1.36. The van der Waals surface area contributed by atoms with Crippen molar-refractivity contribution in [3.63, 3.8) is 0 Å². The zero-order valence-electron chi connectivity index (χ0n) is 15.4. The molecule has 2 unspecified atom stereocenters. The van der Waals surface area contributed by atoms with Gasteiger partial charge in [-0.1, -0.05) is 48.0 Å². The molecule has 1 aliphatic heterocycles. The summed E-state index contributed by atoms with van der Waals surface area (Å²) in [6.45, 7) is 2.06. The van der Waals surface area contributed by atoms with Gasteiger partial charge in [0.2, 0.25) is 5.91 Å². The minimum atomic E-state index is -0.339. The number of para-hydroxylation sites is 1. The van der Waals surface area contributed by atoms with Crippen molar-refractivity contribution in [3.05, 3.63) is 64.7 Å². The summed E-state index contributed by atoms with van der Waals surface area (Å²) in [7, 11) is 1.64. The first-order chi connectivity index (χ1) is 12.7. The molecule has 27 heavy (non-hydrogen) atoms. The van der Waals surface area contributed by atoms with Crippen LogP contribution in [-0.4, -0.2) is 26.1 Å². The van der Waals surface area contributed by atoms with E-state index in [2.05, 4.69) is 10.6 Å². The molecule has 0 aromatic heterocycles. The summed E-state index contributed by atoms with van der Waals surface area (Å²) in [5.41, 5.74) is 1.77. The number of hydrogen-bond donors (Lipinski definition) is 2. The van der Waals surface area contributed by atoms with Crippen LogP contribution in [0.2, 0.25) is 5.02 Å². The molecular formula is C21H26Cl2N2O2. The Morgan fingerprint density at radius 2 is 1.93 bits per heavy atom. The second-order valence-electron chi connectivity index (χ2n) is 6.66. The van der Waals surface area contributed by atoms with Crippen molar-refractivity contribution in [3.8, 4) is 5.75 Å². The van der Waals surface area contributed by atoms with Crippen LogP contribution in [0, 0.1) is 5.92 Å². The van der Waals surface area contributed by atoms with Gasteiger partial charge in [-0.2, -0.15) is 0 Å². The number of nitrogens with one attached hydrogen (secondary N) is 2. The lowest BCUT2D eigenvalue weighted by atomic mass is 9.96. The Labute approximate surface area is 172 Å². The standard InChI is InChI=1S/C21H25ClN2O2.ClH/c1-26-19-9-5-3-7-17(19)21(16-6-2-4-8-18(16)22)24-20(25)11-10-15-12-13-23-14-15;/h2-9,15,21,23H,10-14H2,1H3,(H,24,25);1H. The van der Waals surface area contributed by atoms with Crippen LogP contribution >= 0.6 is 24.0 Å². The number of benzene rings is 2. The largest absolute Gasteiger partial charge is 0.496 e. The van der Waals surface area contributed by atoms with Gasteiger partial charge >= 0.3 is 0 Å². The van der Waals surface area contributed by atoms with Gasteiger partial charge in [-0.15, -0.1) is 12.4 Å². The van der Waals surface area contributed by atoms with Crippen LogP contribution in [0.25, 0.3) is 0 Å². The molecule has 4 nitrogen and oxygen atoms in total. The minimum Gasteiger partial charge on any atom is -0.496 e. The number of methoxy groups -OCH3 is 1. The molecule has 0 bridgehead atoms. The van der Waals surface area contributed by atoms with Gasteiger partial charge in [-0.05, 0) is 49.5 Å². The number of amides is 1. The van der Waals surface area contributed by atoms with Crippen LogP contribution < -0.4 is 15.4 Å². The Morgan fingerprint density at radius 3 is 2.59 bits per heavy atom. The second kappa shape index (κ2) is 10.5.